The van der Waals surface area contributed by atoms with Crippen LogP contribution in [0, 0.1) is 0 Å². The molecule has 0 saturated heterocycles. The van der Waals surface area contributed by atoms with Crippen LogP contribution in [0.15, 0.2) is 24.3 Å². The number of nitrogens with one attached hydrogen (secondary N) is 1. The van der Waals surface area contributed by atoms with Crippen molar-refractivity contribution in [2.24, 2.45) is 0 Å². The molecule has 1 aromatic carbocycles. The van der Waals surface area contributed by atoms with Gasteiger partial charge in [-0.25, -0.2) is 0 Å². The second-order valence-corrected chi connectivity index (χ2v) is 3.53. The van der Waals surface area contributed by atoms with Crippen LogP contribution in [0.5, 0.6) is 0 Å². The molecule has 0 fully saturated rings. The molecule has 0 heterocycles. The SMILES string of the molecule is CCCCNCc1ccccc1Cl. The number of hydrogen-bond acceptors (Lipinski definition) is 1. The van der Waals surface area contributed by atoms with Gasteiger partial charge in [0.1, 0.15) is 0 Å². The van der Waals surface area contributed by atoms with Gasteiger partial charge in [0.25, 0.3) is 0 Å². The second kappa shape index (κ2) is 6.01. The van der Waals surface area contributed by atoms with Gasteiger partial charge in [0.15, 0.2) is 0 Å². The number of halogens is 1. The fraction of sp³-hybridized carbons (Fsp3) is 0.455. The zero-order chi connectivity index (χ0) is 9.52. The van der Waals surface area contributed by atoms with Crippen molar-refractivity contribution in [3.8, 4) is 0 Å². The molecule has 0 amide bonds. The van der Waals surface area contributed by atoms with Crippen molar-refractivity contribution in [3.05, 3.63) is 34.9 Å². The zero-order valence-electron chi connectivity index (χ0n) is 8.02. The Morgan fingerprint density at radius 3 is 2.77 bits per heavy atom. The molecule has 0 aliphatic carbocycles. The van der Waals surface area contributed by atoms with Crippen LogP contribution >= 0.6 is 11.6 Å². The first-order valence-electron chi connectivity index (χ1n) is 4.78. The third-order valence-electron chi connectivity index (χ3n) is 1.98. The van der Waals surface area contributed by atoms with Gasteiger partial charge < -0.3 is 5.32 Å². The molecule has 1 rings (SSSR count). The van der Waals surface area contributed by atoms with E-state index in [1.165, 1.54) is 18.4 Å². The lowest BCUT2D eigenvalue weighted by molar-refractivity contribution is 0.641. The van der Waals surface area contributed by atoms with Crippen molar-refractivity contribution in [2.45, 2.75) is 26.3 Å². The summed E-state index contributed by atoms with van der Waals surface area (Å²) in [5.74, 6) is 0. The largest absolute Gasteiger partial charge is 0.313 e. The highest BCUT2D eigenvalue weighted by Crippen LogP contribution is 2.14. The van der Waals surface area contributed by atoms with Crippen LogP contribution in [0.4, 0.5) is 0 Å². The van der Waals surface area contributed by atoms with Gasteiger partial charge in [-0.15, -0.1) is 0 Å². The summed E-state index contributed by atoms with van der Waals surface area (Å²) in [6.07, 6.45) is 2.46. The molecule has 2 heteroatoms. The summed E-state index contributed by atoms with van der Waals surface area (Å²) in [5, 5.41) is 4.21. The summed E-state index contributed by atoms with van der Waals surface area (Å²) in [4.78, 5) is 0. The third-order valence-corrected chi connectivity index (χ3v) is 2.35. The van der Waals surface area contributed by atoms with E-state index in [0.717, 1.165) is 18.1 Å². The number of hydrogen-bond donors (Lipinski definition) is 1. The van der Waals surface area contributed by atoms with Crippen LogP contribution < -0.4 is 5.32 Å². The van der Waals surface area contributed by atoms with Crippen molar-refractivity contribution in [3.63, 3.8) is 0 Å². The first-order chi connectivity index (χ1) is 6.34. The molecule has 1 nitrogen and oxygen atoms in total. The number of benzene rings is 1. The minimum atomic E-state index is 0.853. The van der Waals surface area contributed by atoms with Crippen LogP contribution in [-0.4, -0.2) is 6.54 Å². The predicted octanol–water partition coefficient (Wildman–Crippen LogP) is 3.23. The van der Waals surface area contributed by atoms with E-state index in [1.54, 1.807) is 0 Å². The Kier molecular flexibility index (Phi) is 4.87. The maximum absolute atomic E-state index is 6.00. The highest BCUT2D eigenvalue weighted by atomic mass is 35.5. The average Bonchev–Trinajstić information content (AvgIpc) is 2.15. The average molecular weight is 198 g/mol. The summed E-state index contributed by atoms with van der Waals surface area (Å²) >= 11 is 6.00. The normalized spacial score (nSPS) is 10.3. The first-order valence-corrected chi connectivity index (χ1v) is 5.16. The van der Waals surface area contributed by atoms with Gasteiger partial charge in [-0.3, -0.25) is 0 Å². The van der Waals surface area contributed by atoms with Gasteiger partial charge in [-0.05, 0) is 24.6 Å². The van der Waals surface area contributed by atoms with Crippen molar-refractivity contribution in [1.29, 1.82) is 0 Å². The van der Waals surface area contributed by atoms with E-state index < -0.39 is 0 Å². The monoisotopic (exact) mass is 197 g/mol. The Labute approximate surface area is 85.1 Å². The molecule has 1 aromatic rings. The highest BCUT2D eigenvalue weighted by Gasteiger charge is 1.96. The standard InChI is InChI=1S/C11H16ClN/c1-2-3-8-13-9-10-6-4-5-7-11(10)12/h4-7,13H,2-3,8-9H2,1H3. The Morgan fingerprint density at radius 1 is 1.31 bits per heavy atom. The molecule has 0 aliphatic rings. The quantitative estimate of drug-likeness (QED) is 0.715. The molecule has 0 unspecified atom stereocenters. The van der Waals surface area contributed by atoms with E-state index >= 15 is 0 Å². The molecular weight excluding hydrogens is 182 g/mol. The fourth-order valence-electron chi connectivity index (χ4n) is 1.17. The molecule has 0 radical (unpaired) electrons. The molecule has 0 spiro atoms. The smallest absolute Gasteiger partial charge is 0.0450 e. The van der Waals surface area contributed by atoms with Crippen LogP contribution in [0.2, 0.25) is 5.02 Å². The van der Waals surface area contributed by atoms with Gasteiger partial charge >= 0.3 is 0 Å². The van der Waals surface area contributed by atoms with Crippen LogP contribution in [0.1, 0.15) is 25.3 Å². The maximum atomic E-state index is 6.00. The Morgan fingerprint density at radius 2 is 2.08 bits per heavy atom. The Balaban J connectivity index is 2.32. The molecule has 0 saturated carbocycles. The van der Waals surface area contributed by atoms with E-state index in [-0.39, 0.29) is 0 Å². The molecule has 0 aromatic heterocycles. The lowest BCUT2D eigenvalue weighted by Crippen LogP contribution is -2.14. The Hall–Kier alpha value is -0.530. The third kappa shape index (κ3) is 3.79. The molecule has 1 N–H and O–H groups in total. The highest BCUT2D eigenvalue weighted by molar-refractivity contribution is 6.31. The zero-order valence-corrected chi connectivity index (χ0v) is 8.77. The number of unbranched alkanes of at least 4 members (excludes halogenated alkanes) is 1. The summed E-state index contributed by atoms with van der Waals surface area (Å²) in [6, 6.07) is 7.96. The minimum absolute atomic E-state index is 0.853. The summed E-state index contributed by atoms with van der Waals surface area (Å²) < 4.78 is 0. The Bertz CT molecular complexity index is 248. The molecule has 0 bridgehead atoms. The van der Waals surface area contributed by atoms with Gasteiger partial charge in [-0.1, -0.05) is 43.1 Å². The molecule has 0 atom stereocenters. The number of rotatable bonds is 5. The van der Waals surface area contributed by atoms with Gasteiger partial charge in [0.05, 0.1) is 0 Å². The van der Waals surface area contributed by atoms with E-state index in [9.17, 15) is 0 Å². The molecule has 13 heavy (non-hydrogen) atoms. The van der Waals surface area contributed by atoms with Gasteiger partial charge in [0, 0.05) is 11.6 Å². The second-order valence-electron chi connectivity index (χ2n) is 3.12. The molecule has 72 valence electrons. The van der Waals surface area contributed by atoms with Gasteiger partial charge in [0.2, 0.25) is 0 Å². The van der Waals surface area contributed by atoms with Crippen molar-refractivity contribution >= 4 is 11.6 Å². The van der Waals surface area contributed by atoms with Crippen LogP contribution in [-0.2, 0) is 6.54 Å². The van der Waals surface area contributed by atoms with Crippen LogP contribution in [0.3, 0.4) is 0 Å². The van der Waals surface area contributed by atoms with Crippen LogP contribution in [0.25, 0.3) is 0 Å². The first kappa shape index (κ1) is 10.6. The molecule has 0 aliphatic heterocycles. The predicted molar refractivity (Wildman–Crippen MR) is 58.1 cm³/mol. The lowest BCUT2D eigenvalue weighted by Gasteiger charge is -2.05. The lowest BCUT2D eigenvalue weighted by atomic mass is 10.2. The van der Waals surface area contributed by atoms with E-state index in [1.807, 2.05) is 18.2 Å². The van der Waals surface area contributed by atoms with E-state index in [4.69, 9.17) is 11.6 Å². The minimum Gasteiger partial charge on any atom is -0.313 e. The fourth-order valence-corrected chi connectivity index (χ4v) is 1.37. The summed E-state index contributed by atoms with van der Waals surface area (Å²) in [5.41, 5.74) is 1.18. The van der Waals surface area contributed by atoms with Gasteiger partial charge in [-0.2, -0.15) is 0 Å². The van der Waals surface area contributed by atoms with Crippen molar-refractivity contribution in [2.75, 3.05) is 6.54 Å². The van der Waals surface area contributed by atoms with Crippen molar-refractivity contribution in [1.82, 2.24) is 5.32 Å². The van der Waals surface area contributed by atoms with Crippen molar-refractivity contribution < 1.29 is 0 Å². The summed E-state index contributed by atoms with van der Waals surface area (Å²) in [7, 11) is 0. The molecular formula is C11H16ClN. The topological polar surface area (TPSA) is 12.0 Å². The van der Waals surface area contributed by atoms with E-state index in [2.05, 4.69) is 18.3 Å². The maximum Gasteiger partial charge on any atom is 0.0450 e. The summed E-state index contributed by atoms with van der Waals surface area (Å²) in [6.45, 7) is 4.14. The van der Waals surface area contributed by atoms with E-state index in [0.29, 0.717) is 0 Å².